The Labute approximate surface area is 219 Å². The summed E-state index contributed by atoms with van der Waals surface area (Å²) in [7, 11) is 0. The van der Waals surface area contributed by atoms with Gasteiger partial charge in [0.05, 0.1) is 18.6 Å². The number of nitrogens with zero attached hydrogens (tertiary/aromatic N) is 3. The van der Waals surface area contributed by atoms with E-state index in [0.717, 1.165) is 48.1 Å². The van der Waals surface area contributed by atoms with Gasteiger partial charge in [-0.05, 0) is 73.7 Å². The molecule has 3 heterocycles. The van der Waals surface area contributed by atoms with Crippen LogP contribution in [-0.2, 0) is 29.1 Å². The van der Waals surface area contributed by atoms with Crippen LogP contribution in [0.15, 0.2) is 36.4 Å². The fourth-order valence-electron chi connectivity index (χ4n) is 5.61. The number of fused-ring (bicyclic) bond motifs is 3. The number of piperidine rings is 1. The zero-order valence-electron chi connectivity index (χ0n) is 19.9. The second kappa shape index (κ2) is 10.4. The van der Waals surface area contributed by atoms with Gasteiger partial charge in [0.2, 0.25) is 5.91 Å². The summed E-state index contributed by atoms with van der Waals surface area (Å²) in [5.74, 6) is -0.838. The van der Waals surface area contributed by atoms with Crippen molar-refractivity contribution in [3.63, 3.8) is 0 Å². The van der Waals surface area contributed by atoms with Crippen molar-refractivity contribution in [1.29, 1.82) is 0 Å². The van der Waals surface area contributed by atoms with Crippen LogP contribution in [0.1, 0.15) is 36.1 Å². The van der Waals surface area contributed by atoms with E-state index in [1.54, 1.807) is 12.1 Å². The van der Waals surface area contributed by atoms with E-state index in [4.69, 9.17) is 28.3 Å². The summed E-state index contributed by atoms with van der Waals surface area (Å²) in [6.07, 6.45) is 2.43. The van der Waals surface area contributed by atoms with Crippen LogP contribution in [0.2, 0.25) is 10.0 Å². The van der Waals surface area contributed by atoms with Gasteiger partial charge in [0, 0.05) is 40.6 Å². The van der Waals surface area contributed by atoms with Crippen LogP contribution >= 0.6 is 23.2 Å². The third-order valence-electron chi connectivity index (χ3n) is 7.37. The Kier molecular flexibility index (Phi) is 7.24. The summed E-state index contributed by atoms with van der Waals surface area (Å²) in [5, 5.41) is 10.9. The molecule has 2 aliphatic heterocycles. The van der Waals surface area contributed by atoms with Gasteiger partial charge in [0.1, 0.15) is 5.82 Å². The Morgan fingerprint density at radius 3 is 2.47 bits per heavy atom. The van der Waals surface area contributed by atoms with E-state index < -0.39 is 5.97 Å². The molecule has 0 aliphatic carbocycles. The molecule has 0 atom stereocenters. The van der Waals surface area contributed by atoms with Crippen molar-refractivity contribution in [2.45, 2.75) is 38.8 Å². The van der Waals surface area contributed by atoms with Crippen LogP contribution in [0.5, 0.6) is 0 Å². The maximum absolute atomic E-state index is 15.1. The fourth-order valence-corrected chi connectivity index (χ4v) is 6.18. The van der Waals surface area contributed by atoms with Crippen molar-refractivity contribution < 1.29 is 19.1 Å². The number of carboxylic acid groups (broad SMARTS) is 1. The number of aliphatic carboxylic acids is 1. The van der Waals surface area contributed by atoms with E-state index >= 15 is 4.39 Å². The summed E-state index contributed by atoms with van der Waals surface area (Å²) in [6.45, 7) is 3.15. The molecule has 0 saturated carbocycles. The lowest BCUT2D eigenvalue weighted by molar-refractivity contribution is -0.139. The van der Waals surface area contributed by atoms with Gasteiger partial charge in [-0.3, -0.25) is 14.5 Å². The molecule has 2 aromatic carbocycles. The molecule has 1 amide bonds. The van der Waals surface area contributed by atoms with E-state index in [0.29, 0.717) is 48.2 Å². The van der Waals surface area contributed by atoms with Gasteiger partial charge in [-0.15, -0.1) is 0 Å². The molecule has 1 aromatic heterocycles. The third kappa shape index (κ3) is 5.24. The number of benzene rings is 2. The quantitative estimate of drug-likeness (QED) is 0.474. The molecule has 9 heteroatoms. The molecule has 0 bridgehead atoms. The summed E-state index contributed by atoms with van der Waals surface area (Å²) < 4.78 is 17.0. The first-order chi connectivity index (χ1) is 17.3. The molecular weight excluding hydrogens is 504 g/mol. The first-order valence-electron chi connectivity index (χ1n) is 12.2. The fraction of sp³-hybridized carbons (Fsp3) is 0.407. The minimum atomic E-state index is -0.763. The highest BCUT2D eigenvalue weighted by Gasteiger charge is 2.30. The summed E-state index contributed by atoms with van der Waals surface area (Å²) in [6, 6.07) is 10.5. The summed E-state index contributed by atoms with van der Waals surface area (Å²) >= 11 is 12.4. The van der Waals surface area contributed by atoms with Crippen LogP contribution in [0, 0.1) is 11.7 Å². The van der Waals surface area contributed by atoms with Crippen LogP contribution < -0.4 is 0 Å². The normalized spacial score (nSPS) is 16.9. The van der Waals surface area contributed by atoms with E-state index in [-0.39, 0.29) is 24.1 Å². The van der Waals surface area contributed by atoms with Crippen molar-refractivity contribution in [1.82, 2.24) is 14.4 Å². The van der Waals surface area contributed by atoms with Crippen molar-refractivity contribution in [3.8, 4) is 0 Å². The van der Waals surface area contributed by atoms with Crippen LogP contribution in [-0.4, -0.2) is 57.5 Å². The van der Waals surface area contributed by atoms with Crippen LogP contribution in [0.3, 0.4) is 0 Å². The summed E-state index contributed by atoms with van der Waals surface area (Å²) in [4.78, 5) is 28.2. The molecule has 1 saturated heterocycles. The number of likely N-dealkylation sites (tertiary alicyclic amines) is 1. The Bertz CT molecular complexity index is 1300. The molecule has 190 valence electrons. The number of halogens is 3. The lowest BCUT2D eigenvalue weighted by atomic mass is 9.93. The van der Waals surface area contributed by atoms with Crippen LogP contribution in [0.25, 0.3) is 10.9 Å². The highest BCUT2D eigenvalue weighted by atomic mass is 35.5. The molecule has 1 fully saturated rings. The average Bonchev–Trinajstić information content (AvgIpc) is 3.13. The minimum absolute atomic E-state index is 0.0420. The maximum Gasteiger partial charge on any atom is 0.303 e. The lowest BCUT2D eigenvalue weighted by Gasteiger charge is -2.34. The standard InChI is InChI=1S/C27H28Cl2FN3O3/c28-19-10-18(11-20(29)13-19)14-33-24-15-32(9-6-21(24)22-2-1-3-23(30)27(22)33)25(34)16-31-7-4-17(5-8-31)12-26(35)36/h1-3,10-11,13,17H,4-9,12,14-16H2,(H,35,36). The highest BCUT2D eigenvalue weighted by molar-refractivity contribution is 6.34. The van der Waals surface area contributed by atoms with Crippen molar-refractivity contribution in [3.05, 3.63) is 69.1 Å². The maximum atomic E-state index is 15.1. The molecular formula is C27H28Cl2FN3O3. The number of carbonyl (C=O) groups excluding carboxylic acids is 1. The number of carboxylic acids is 1. The largest absolute Gasteiger partial charge is 0.481 e. The number of amides is 1. The van der Waals surface area contributed by atoms with Crippen molar-refractivity contribution in [2.24, 2.45) is 5.92 Å². The van der Waals surface area contributed by atoms with Gasteiger partial charge in [-0.2, -0.15) is 0 Å². The molecule has 3 aromatic rings. The summed E-state index contributed by atoms with van der Waals surface area (Å²) in [5.41, 5.74) is 3.42. The van der Waals surface area contributed by atoms with E-state index in [1.165, 1.54) is 6.07 Å². The van der Waals surface area contributed by atoms with Crippen LogP contribution in [0.4, 0.5) is 4.39 Å². The third-order valence-corrected chi connectivity index (χ3v) is 7.81. The Morgan fingerprint density at radius 1 is 1.06 bits per heavy atom. The SMILES string of the molecule is O=C(O)CC1CCN(CC(=O)N2CCc3c(n(Cc4cc(Cl)cc(Cl)c4)c4c(F)cccc34)C2)CC1. The molecule has 5 rings (SSSR count). The number of hydrogen-bond acceptors (Lipinski definition) is 3. The molecule has 0 unspecified atom stereocenters. The van der Waals surface area contributed by atoms with Gasteiger partial charge in [-0.1, -0.05) is 35.3 Å². The zero-order chi connectivity index (χ0) is 25.4. The average molecular weight is 532 g/mol. The number of para-hydroxylation sites is 1. The number of carbonyl (C=O) groups is 2. The number of rotatable bonds is 6. The molecule has 6 nitrogen and oxygen atoms in total. The first-order valence-corrected chi connectivity index (χ1v) is 13.0. The molecule has 0 radical (unpaired) electrons. The highest BCUT2D eigenvalue weighted by Crippen LogP contribution is 2.34. The monoisotopic (exact) mass is 531 g/mol. The van der Waals surface area contributed by atoms with E-state index in [9.17, 15) is 9.59 Å². The van der Waals surface area contributed by atoms with Crippen molar-refractivity contribution >= 4 is 46.0 Å². The van der Waals surface area contributed by atoms with E-state index in [1.807, 2.05) is 27.7 Å². The predicted molar refractivity (Wildman–Crippen MR) is 138 cm³/mol. The number of aromatic nitrogens is 1. The molecule has 1 N–H and O–H groups in total. The number of hydrogen-bond donors (Lipinski definition) is 1. The van der Waals surface area contributed by atoms with Crippen molar-refractivity contribution in [2.75, 3.05) is 26.2 Å². The Morgan fingerprint density at radius 2 is 1.78 bits per heavy atom. The topological polar surface area (TPSA) is 65.8 Å². The van der Waals surface area contributed by atoms with Gasteiger partial charge in [-0.25, -0.2) is 4.39 Å². The van der Waals surface area contributed by atoms with Gasteiger partial charge in [0.15, 0.2) is 0 Å². The van der Waals surface area contributed by atoms with Gasteiger partial charge < -0.3 is 14.6 Å². The molecule has 2 aliphatic rings. The molecule has 36 heavy (non-hydrogen) atoms. The smallest absolute Gasteiger partial charge is 0.303 e. The second-order valence-corrected chi connectivity index (χ2v) is 10.7. The lowest BCUT2D eigenvalue weighted by Crippen LogP contribution is -2.45. The Balaban J connectivity index is 1.37. The minimum Gasteiger partial charge on any atom is -0.481 e. The zero-order valence-corrected chi connectivity index (χ0v) is 21.4. The second-order valence-electron chi connectivity index (χ2n) is 9.81. The van der Waals surface area contributed by atoms with Gasteiger partial charge in [0.25, 0.3) is 0 Å². The predicted octanol–water partition coefficient (Wildman–Crippen LogP) is 5.21. The van der Waals surface area contributed by atoms with Gasteiger partial charge >= 0.3 is 5.97 Å². The Hall–Kier alpha value is -2.61. The molecule has 0 spiro atoms. The van der Waals surface area contributed by atoms with E-state index in [2.05, 4.69) is 4.90 Å². The first kappa shape index (κ1) is 25.1.